The van der Waals surface area contributed by atoms with Crippen LogP contribution >= 0.6 is 0 Å². The third kappa shape index (κ3) is 5.67. The lowest BCUT2D eigenvalue weighted by Crippen LogP contribution is -2.51. The highest BCUT2D eigenvalue weighted by Gasteiger charge is 2.34. The first-order chi connectivity index (χ1) is 9.89. The van der Waals surface area contributed by atoms with Crippen LogP contribution in [-0.2, 0) is 9.59 Å². The first-order valence-corrected chi connectivity index (χ1v) is 7.56. The number of nitrogens with two attached hydrogens (primary N) is 1. The van der Waals surface area contributed by atoms with Crippen molar-refractivity contribution in [2.75, 3.05) is 19.6 Å². The zero-order valence-electron chi connectivity index (χ0n) is 12.5. The third-order valence-electron chi connectivity index (χ3n) is 4.23. The van der Waals surface area contributed by atoms with Crippen LogP contribution in [0.2, 0.25) is 6.32 Å². The molecule has 7 heteroatoms. The number of piperidine rings is 1. The van der Waals surface area contributed by atoms with Crippen LogP contribution < -0.4 is 5.73 Å². The number of rotatable bonds is 9. The monoisotopic (exact) mass is 296 g/mol. The zero-order valence-corrected chi connectivity index (χ0v) is 12.5. The van der Waals surface area contributed by atoms with Crippen LogP contribution in [0.4, 0.5) is 0 Å². The van der Waals surface area contributed by atoms with Gasteiger partial charge in [0.05, 0.1) is 13.8 Å². The number of hydrogen-bond acceptors (Lipinski definition) is 4. The second kappa shape index (κ2) is 8.39. The molecule has 2 unspecified atom stereocenters. The molecule has 0 aromatic rings. The van der Waals surface area contributed by atoms with E-state index >= 15 is 0 Å². The number of likely N-dealkylation sites (tertiary alicyclic amines) is 1. The molecule has 1 saturated heterocycles. The van der Waals surface area contributed by atoms with Gasteiger partial charge in [0, 0.05) is 13.1 Å². The summed E-state index contributed by atoms with van der Waals surface area (Å²) in [5.74, 6) is -2.13. The van der Waals surface area contributed by atoms with Gasteiger partial charge in [0.15, 0.2) is 0 Å². The van der Waals surface area contributed by atoms with E-state index < -0.39 is 17.5 Å². The van der Waals surface area contributed by atoms with Crippen molar-refractivity contribution in [1.29, 1.82) is 0 Å². The Morgan fingerprint density at radius 2 is 2.00 bits per heavy atom. The average Bonchev–Trinajstić information content (AvgIpc) is 2.45. The number of aliphatic carboxylic acids is 2. The molecule has 0 aromatic heterocycles. The van der Waals surface area contributed by atoms with Crippen molar-refractivity contribution in [2.24, 2.45) is 11.7 Å². The molecule has 4 N–H and O–H groups in total. The Morgan fingerprint density at radius 3 is 2.57 bits per heavy atom. The highest BCUT2D eigenvalue weighted by Crippen LogP contribution is 2.21. The Labute approximate surface area is 127 Å². The van der Waals surface area contributed by atoms with Gasteiger partial charge in [-0.15, -0.1) is 0 Å². The molecule has 0 amide bonds. The smallest absolute Gasteiger partial charge is 0.323 e. The molecule has 1 fully saturated rings. The first kappa shape index (κ1) is 18.0. The van der Waals surface area contributed by atoms with E-state index in [9.17, 15) is 14.7 Å². The maximum absolute atomic E-state index is 11.4. The Morgan fingerprint density at radius 1 is 1.29 bits per heavy atom. The van der Waals surface area contributed by atoms with Crippen LogP contribution in [0.15, 0.2) is 0 Å². The van der Waals surface area contributed by atoms with Gasteiger partial charge >= 0.3 is 11.9 Å². The summed E-state index contributed by atoms with van der Waals surface area (Å²) >= 11 is 0. The van der Waals surface area contributed by atoms with E-state index in [4.69, 9.17) is 18.7 Å². The minimum atomic E-state index is -1.24. The average molecular weight is 296 g/mol. The molecule has 2 radical (unpaired) electrons. The molecule has 0 aliphatic carbocycles. The second-order valence-electron chi connectivity index (χ2n) is 5.94. The van der Waals surface area contributed by atoms with Gasteiger partial charge in [0.1, 0.15) is 5.54 Å². The van der Waals surface area contributed by atoms with Crippen LogP contribution in [-0.4, -0.2) is 60.1 Å². The maximum atomic E-state index is 11.4. The largest absolute Gasteiger partial charge is 0.481 e. The Kier molecular flexibility index (Phi) is 7.18. The summed E-state index contributed by atoms with van der Waals surface area (Å²) in [7, 11) is 5.42. The molecule has 2 atom stereocenters. The molecule has 21 heavy (non-hydrogen) atoms. The molecule has 1 rings (SSSR count). The zero-order chi connectivity index (χ0) is 15.9. The van der Waals surface area contributed by atoms with Crippen LogP contribution in [0.3, 0.4) is 0 Å². The summed E-state index contributed by atoms with van der Waals surface area (Å²) in [4.78, 5) is 24.4. The van der Waals surface area contributed by atoms with Crippen LogP contribution in [0, 0.1) is 5.92 Å². The van der Waals surface area contributed by atoms with E-state index in [1.54, 1.807) is 0 Å². The lowest BCUT2D eigenvalue weighted by molar-refractivity contribution is -0.146. The lowest BCUT2D eigenvalue weighted by atomic mass is 9.87. The van der Waals surface area contributed by atoms with Gasteiger partial charge in [0.25, 0.3) is 0 Å². The molecule has 0 bridgehead atoms. The quantitative estimate of drug-likeness (QED) is 0.428. The van der Waals surface area contributed by atoms with Crippen LogP contribution in [0.25, 0.3) is 0 Å². The van der Waals surface area contributed by atoms with E-state index in [2.05, 4.69) is 0 Å². The number of nitrogens with zero attached hydrogens (tertiary/aromatic N) is 1. The molecule has 1 heterocycles. The minimum Gasteiger partial charge on any atom is -0.481 e. The van der Waals surface area contributed by atoms with Gasteiger partial charge < -0.3 is 20.8 Å². The fourth-order valence-corrected chi connectivity index (χ4v) is 2.74. The second-order valence-corrected chi connectivity index (χ2v) is 5.94. The van der Waals surface area contributed by atoms with E-state index in [0.717, 1.165) is 19.4 Å². The number of unbranched alkanes of at least 4 members (excludes halogenated alkanes) is 1. The van der Waals surface area contributed by atoms with E-state index in [1.165, 1.54) is 0 Å². The van der Waals surface area contributed by atoms with Crippen molar-refractivity contribution in [3.05, 3.63) is 0 Å². The molecule has 0 aromatic carbocycles. The predicted octanol–water partition coefficient (Wildman–Crippen LogP) is 0.712. The standard InChI is InChI=1S/C14H25BN2O4/c15-7-2-1-5-14(16,13(20)21)6-9-17-8-3-4-11(10-17)12(18)19/h11H,1-10,16H2,(H,18,19)(H,20,21). The fraction of sp³-hybridized carbons (Fsp3) is 0.857. The van der Waals surface area contributed by atoms with E-state index in [1.807, 2.05) is 4.90 Å². The third-order valence-corrected chi connectivity index (χ3v) is 4.23. The Hall–Kier alpha value is -1.08. The molecule has 118 valence electrons. The number of carbonyl (C=O) groups is 2. The summed E-state index contributed by atoms with van der Waals surface area (Å²) in [5.41, 5.74) is 4.77. The lowest BCUT2D eigenvalue weighted by Gasteiger charge is -2.33. The predicted molar refractivity (Wildman–Crippen MR) is 80.4 cm³/mol. The molecule has 1 aliphatic heterocycles. The fourth-order valence-electron chi connectivity index (χ4n) is 2.74. The van der Waals surface area contributed by atoms with Crippen LogP contribution in [0.1, 0.15) is 38.5 Å². The van der Waals surface area contributed by atoms with Crippen molar-refractivity contribution in [3.8, 4) is 0 Å². The van der Waals surface area contributed by atoms with Gasteiger partial charge in [-0.2, -0.15) is 0 Å². The van der Waals surface area contributed by atoms with E-state index in [-0.39, 0.29) is 5.92 Å². The van der Waals surface area contributed by atoms with Crippen molar-refractivity contribution in [2.45, 2.75) is 50.4 Å². The Bertz CT molecular complexity index is 367. The highest BCUT2D eigenvalue weighted by molar-refractivity contribution is 6.08. The van der Waals surface area contributed by atoms with Crippen molar-refractivity contribution in [1.82, 2.24) is 4.90 Å². The van der Waals surface area contributed by atoms with Crippen molar-refractivity contribution < 1.29 is 19.8 Å². The summed E-state index contributed by atoms with van der Waals surface area (Å²) in [6.07, 6.45) is 4.23. The van der Waals surface area contributed by atoms with Gasteiger partial charge in [-0.05, 0) is 32.2 Å². The first-order valence-electron chi connectivity index (χ1n) is 7.56. The molecule has 1 aliphatic rings. The normalized spacial score (nSPS) is 22.6. The van der Waals surface area contributed by atoms with Crippen molar-refractivity contribution >= 4 is 19.8 Å². The van der Waals surface area contributed by atoms with Gasteiger partial charge in [-0.25, -0.2) is 0 Å². The molecular formula is C14H25BN2O4. The maximum Gasteiger partial charge on any atom is 0.323 e. The SMILES string of the molecule is [B]CCCCC(N)(CCN1CCCC(C(=O)O)C1)C(=O)O. The van der Waals surface area contributed by atoms with Gasteiger partial charge in [0.2, 0.25) is 0 Å². The number of hydrogen-bond donors (Lipinski definition) is 3. The highest BCUT2D eigenvalue weighted by atomic mass is 16.4. The molecular weight excluding hydrogens is 271 g/mol. The molecule has 0 spiro atoms. The minimum absolute atomic E-state index is 0.333. The number of carboxylic acid groups (broad SMARTS) is 2. The molecule has 0 saturated carbocycles. The van der Waals surface area contributed by atoms with Gasteiger partial charge in [-0.1, -0.05) is 19.2 Å². The van der Waals surface area contributed by atoms with Gasteiger partial charge in [-0.3, -0.25) is 9.59 Å². The topological polar surface area (TPSA) is 104 Å². The summed E-state index contributed by atoms with van der Waals surface area (Å²) in [5, 5.41) is 18.4. The summed E-state index contributed by atoms with van der Waals surface area (Å²) in [6.45, 7) is 1.81. The van der Waals surface area contributed by atoms with Crippen LogP contribution in [0.5, 0.6) is 0 Å². The Balaban J connectivity index is 2.48. The van der Waals surface area contributed by atoms with Crippen molar-refractivity contribution in [3.63, 3.8) is 0 Å². The van der Waals surface area contributed by atoms with E-state index in [0.29, 0.717) is 45.1 Å². The molecule has 6 nitrogen and oxygen atoms in total. The summed E-state index contributed by atoms with van der Waals surface area (Å²) in [6, 6.07) is 0. The number of carboxylic acids is 2. The summed E-state index contributed by atoms with van der Waals surface area (Å²) < 4.78 is 0.